The molecule has 0 N–H and O–H groups in total. The smallest absolute Gasteiger partial charge is 0.344 e. The lowest BCUT2D eigenvalue weighted by Gasteiger charge is -2.42. The van der Waals surface area contributed by atoms with Crippen LogP contribution in [0.4, 0.5) is 0 Å². The van der Waals surface area contributed by atoms with Crippen molar-refractivity contribution >= 4 is 17.8 Å². The fourth-order valence-corrected chi connectivity index (χ4v) is 3.50. The van der Waals surface area contributed by atoms with Gasteiger partial charge in [0.05, 0.1) is 19.8 Å². The number of hydrazine groups is 1. The van der Waals surface area contributed by atoms with E-state index in [0.29, 0.717) is 5.56 Å². The molecule has 0 fully saturated rings. The number of ether oxygens (including phenoxy) is 2. The summed E-state index contributed by atoms with van der Waals surface area (Å²) in [6.45, 7) is 7.79. The molecule has 2 rings (SSSR count). The van der Waals surface area contributed by atoms with Crippen molar-refractivity contribution in [2.45, 2.75) is 45.8 Å². The Hall–Kier alpha value is -2.67. The lowest BCUT2D eigenvalue weighted by Crippen LogP contribution is -2.53. The molecular weight excluding hydrogens is 348 g/mol. The normalized spacial score (nSPS) is 17.3. The molecule has 1 amide bonds. The molecule has 0 radical (unpaired) electrons. The Morgan fingerprint density at radius 3 is 1.93 bits per heavy atom. The zero-order valence-corrected chi connectivity index (χ0v) is 16.6. The zero-order valence-electron chi connectivity index (χ0n) is 16.6. The van der Waals surface area contributed by atoms with Gasteiger partial charge in [-0.1, -0.05) is 30.3 Å². The van der Waals surface area contributed by atoms with Crippen molar-refractivity contribution in [3.8, 4) is 0 Å². The molecule has 1 aromatic carbocycles. The number of hydrogen-bond donors (Lipinski definition) is 0. The zero-order chi connectivity index (χ0) is 20.3. The lowest BCUT2D eigenvalue weighted by molar-refractivity contribution is -0.158. The van der Waals surface area contributed by atoms with Crippen molar-refractivity contribution in [2.24, 2.45) is 0 Å². The topological polar surface area (TPSA) is 76.2 Å². The molecule has 7 nitrogen and oxygen atoms in total. The van der Waals surface area contributed by atoms with Crippen LogP contribution in [-0.4, -0.2) is 54.2 Å². The van der Waals surface area contributed by atoms with Gasteiger partial charge in [-0.15, -0.1) is 0 Å². The first-order chi connectivity index (χ1) is 12.8. The highest BCUT2D eigenvalue weighted by molar-refractivity contribution is 6.23. The van der Waals surface area contributed by atoms with Gasteiger partial charge in [0, 0.05) is 12.1 Å². The molecule has 0 aromatic heterocycles. The molecule has 0 bridgehead atoms. The van der Waals surface area contributed by atoms with E-state index in [0.717, 1.165) is 0 Å². The summed E-state index contributed by atoms with van der Waals surface area (Å²) >= 11 is 0. The number of nitrogens with zero attached hydrogens (tertiary/aromatic N) is 2. The van der Waals surface area contributed by atoms with Crippen LogP contribution in [0, 0.1) is 0 Å². The first-order valence-electron chi connectivity index (χ1n) is 8.83. The summed E-state index contributed by atoms with van der Waals surface area (Å²) in [4.78, 5) is 38.3. The molecule has 1 atom stereocenters. The van der Waals surface area contributed by atoms with Crippen LogP contribution in [-0.2, 0) is 23.9 Å². The second kappa shape index (κ2) is 8.35. The molecule has 146 valence electrons. The second-order valence-electron chi connectivity index (χ2n) is 6.80. The van der Waals surface area contributed by atoms with E-state index >= 15 is 0 Å². The van der Waals surface area contributed by atoms with Gasteiger partial charge in [-0.2, -0.15) is 0 Å². The number of benzene rings is 1. The molecular formula is C20H26N2O5. The summed E-state index contributed by atoms with van der Waals surface area (Å²) in [5, 5.41) is 3.34. The summed E-state index contributed by atoms with van der Waals surface area (Å²) in [5.41, 5.74) is 0.410. The highest BCUT2D eigenvalue weighted by Gasteiger charge is 2.50. The SMILES string of the molecule is COC(=O)C1=C(C(=O)OC)C(c2ccccc2)N(N(C(C)C)C(C)C)C1=O. The van der Waals surface area contributed by atoms with Gasteiger partial charge in [-0.05, 0) is 33.3 Å². The quantitative estimate of drug-likeness (QED) is 0.561. The minimum Gasteiger partial charge on any atom is -0.466 e. The molecule has 0 saturated heterocycles. The number of methoxy groups -OCH3 is 2. The third kappa shape index (κ3) is 3.73. The van der Waals surface area contributed by atoms with Crippen LogP contribution in [0.5, 0.6) is 0 Å². The van der Waals surface area contributed by atoms with Crippen molar-refractivity contribution in [3.05, 3.63) is 47.0 Å². The average molecular weight is 374 g/mol. The van der Waals surface area contributed by atoms with Crippen molar-refractivity contribution in [3.63, 3.8) is 0 Å². The predicted molar refractivity (Wildman–Crippen MR) is 99.2 cm³/mol. The van der Waals surface area contributed by atoms with Crippen LogP contribution in [0.2, 0.25) is 0 Å². The Bertz CT molecular complexity index is 747. The Morgan fingerprint density at radius 1 is 0.963 bits per heavy atom. The van der Waals surface area contributed by atoms with Gasteiger partial charge >= 0.3 is 11.9 Å². The van der Waals surface area contributed by atoms with Crippen LogP contribution in [0.15, 0.2) is 41.5 Å². The van der Waals surface area contributed by atoms with E-state index in [9.17, 15) is 14.4 Å². The summed E-state index contributed by atoms with van der Waals surface area (Å²) in [7, 11) is 2.41. The van der Waals surface area contributed by atoms with Crippen LogP contribution in [0.1, 0.15) is 39.3 Å². The fourth-order valence-electron chi connectivity index (χ4n) is 3.50. The maximum absolute atomic E-state index is 13.3. The maximum Gasteiger partial charge on any atom is 0.344 e. The molecule has 7 heteroatoms. The van der Waals surface area contributed by atoms with E-state index in [4.69, 9.17) is 9.47 Å². The Balaban J connectivity index is 2.77. The maximum atomic E-state index is 13.3. The van der Waals surface area contributed by atoms with Crippen LogP contribution < -0.4 is 0 Å². The number of hydrogen-bond acceptors (Lipinski definition) is 6. The van der Waals surface area contributed by atoms with Crippen LogP contribution >= 0.6 is 0 Å². The van der Waals surface area contributed by atoms with Crippen LogP contribution in [0.3, 0.4) is 0 Å². The Labute approximate surface area is 159 Å². The van der Waals surface area contributed by atoms with Gasteiger partial charge < -0.3 is 9.47 Å². The predicted octanol–water partition coefficient (Wildman–Crippen LogP) is 2.25. The molecule has 1 aromatic rings. The molecule has 27 heavy (non-hydrogen) atoms. The Kier molecular flexibility index (Phi) is 6.38. The lowest BCUT2D eigenvalue weighted by atomic mass is 9.98. The standard InChI is InChI=1S/C20H26N2O5/c1-12(2)21(13(3)4)22-17(14-10-8-7-9-11-14)15(19(24)26-5)16(18(22)23)20(25)27-6/h7-13,17H,1-6H3. The third-order valence-corrected chi connectivity index (χ3v) is 4.43. The molecule has 1 unspecified atom stereocenters. The summed E-state index contributed by atoms with van der Waals surface area (Å²) in [6, 6.07) is 8.24. The first-order valence-corrected chi connectivity index (χ1v) is 8.83. The van der Waals surface area contributed by atoms with Crippen molar-refractivity contribution in [2.75, 3.05) is 14.2 Å². The largest absolute Gasteiger partial charge is 0.466 e. The van der Waals surface area contributed by atoms with Gasteiger partial charge in [-0.25, -0.2) is 14.6 Å². The molecule has 0 spiro atoms. The fraction of sp³-hybridized carbons (Fsp3) is 0.450. The molecule has 1 aliphatic heterocycles. The van der Waals surface area contributed by atoms with Gasteiger partial charge in [0.2, 0.25) is 0 Å². The van der Waals surface area contributed by atoms with E-state index in [1.807, 2.05) is 63.0 Å². The number of esters is 2. The van der Waals surface area contributed by atoms with Crippen LogP contribution in [0.25, 0.3) is 0 Å². The first kappa shape index (κ1) is 20.6. The Morgan fingerprint density at radius 2 is 1.48 bits per heavy atom. The molecule has 1 aliphatic rings. The van der Waals surface area contributed by atoms with E-state index in [1.165, 1.54) is 19.2 Å². The minimum absolute atomic E-state index is 0.00755. The van der Waals surface area contributed by atoms with Gasteiger partial charge in [0.25, 0.3) is 5.91 Å². The van der Waals surface area contributed by atoms with E-state index < -0.39 is 23.9 Å². The molecule has 0 saturated carbocycles. The minimum atomic E-state index is -0.851. The number of carbonyl (C=O) groups is 3. The van der Waals surface area contributed by atoms with E-state index in [1.54, 1.807) is 0 Å². The highest BCUT2D eigenvalue weighted by Crippen LogP contribution is 2.41. The highest BCUT2D eigenvalue weighted by atomic mass is 16.5. The van der Waals surface area contributed by atoms with Crippen molar-refractivity contribution < 1.29 is 23.9 Å². The van der Waals surface area contributed by atoms with Crippen molar-refractivity contribution in [1.29, 1.82) is 0 Å². The van der Waals surface area contributed by atoms with Gasteiger partial charge in [-0.3, -0.25) is 9.80 Å². The number of amides is 1. The summed E-state index contributed by atoms with van der Waals surface area (Å²) in [6.07, 6.45) is 0. The van der Waals surface area contributed by atoms with Crippen molar-refractivity contribution in [1.82, 2.24) is 10.0 Å². The monoisotopic (exact) mass is 374 g/mol. The van der Waals surface area contributed by atoms with E-state index in [2.05, 4.69) is 0 Å². The third-order valence-electron chi connectivity index (χ3n) is 4.43. The van der Waals surface area contributed by atoms with Gasteiger partial charge in [0.1, 0.15) is 11.6 Å². The second-order valence-corrected chi connectivity index (χ2v) is 6.80. The molecule has 0 aliphatic carbocycles. The average Bonchev–Trinajstić information content (AvgIpc) is 2.93. The summed E-state index contributed by atoms with van der Waals surface area (Å²) in [5.74, 6) is -2.15. The van der Waals surface area contributed by atoms with Gasteiger partial charge in [0.15, 0.2) is 0 Å². The number of carbonyl (C=O) groups excluding carboxylic acids is 3. The number of rotatable bonds is 6. The summed E-state index contributed by atoms with van der Waals surface area (Å²) < 4.78 is 9.70. The molecule has 1 heterocycles. The van der Waals surface area contributed by atoms with E-state index in [-0.39, 0.29) is 23.2 Å².